The number of fused-ring (bicyclic) bond motifs is 2. The number of benzene rings is 3. The molecule has 1 aliphatic rings. The monoisotopic (exact) mass is 501 g/mol. The second-order valence-electron chi connectivity index (χ2n) is 8.53. The Morgan fingerprint density at radius 1 is 0.972 bits per heavy atom. The molecule has 0 fully saturated rings. The highest BCUT2D eigenvalue weighted by molar-refractivity contribution is 8.00. The molecule has 1 aliphatic heterocycles. The van der Waals surface area contributed by atoms with E-state index in [1.807, 2.05) is 61.5 Å². The number of amides is 2. The van der Waals surface area contributed by atoms with Crippen molar-refractivity contribution in [2.45, 2.75) is 24.9 Å². The van der Waals surface area contributed by atoms with Crippen LogP contribution in [0.15, 0.2) is 77.8 Å². The highest BCUT2D eigenvalue weighted by Crippen LogP contribution is 2.32. The van der Waals surface area contributed by atoms with Crippen LogP contribution in [0.4, 0.5) is 0 Å². The fourth-order valence-electron chi connectivity index (χ4n) is 4.17. The lowest BCUT2D eigenvalue weighted by Gasteiger charge is -2.09. The van der Waals surface area contributed by atoms with Gasteiger partial charge in [0.25, 0.3) is 5.91 Å². The van der Waals surface area contributed by atoms with E-state index in [9.17, 15) is 9.59 Å². The van der Waals surface area contributed by atoms with Crippen LogP contribution in [0.3, 0.4) is 0 Å². The molecule has 0 saturated carbocycles. The number of hydrogen-bond donors (Lipinski definition) is 2. The van der Waals surface area contributed by atoms with Crippen molar-refractivity contribution in [3.63, 3.8) is 0 Å². The fraction of sp³-hybridized carbons (Fsp3) is 0.214. The van der Waals surface area contributed by atoms with E-state index in [2.05, 4.69) is 33.5 Å². The number of aryl methyl sites for hydroxylation is 1. The van der Waals surface area contributed by atoms with Gasteiger partial charge in [0, 0.05) is 47.2 Å². The molecule has 3 aromatic carbocycles. The Balaban J connectivity index is 1.17. The molecule has 2 amide bonds. The molecule has 184 valence electrons. The van der Waals surface area contributed by atoms with Crippen LogP contribution in [0.5, 0.6) is 11.5 Å². The first-order chi connectivity index (χ1) is 17.6. The summed E-state index contributed by atoms with van der Waals surface area (Å²) in [5, 5.41) is 7.08. The Labute approximate surface area is 213 Å². The van der Waals surface area contributed by atoms with Crippen LogP contribution in [-0.4, -0.2) is 35.5 Å². The molecule has 0 atom stereocenters. The van der Waals surface area contributed by atoms with Gasteiger partial charge in [-0.25, -0.2) is 0 Å². The van der Waals surface area contributed by atoms with E-state index in [1.54, 1.807) is 0 Å². The number of nitrogens with one attached hydrogen (secondary N) is 2. The smallest absolute Gasteiger partial charge is 0.251 e. The van der Waals surface area contributed by atoms with Crippen LogP contribution in [0.25, 0.3) is 10.9 Å². The third kappa shape index (κ3) is 5.33. The van der Waals surface area contributed by atoms with Gasteiger partial charge in [0.05, 0.1) is 5.75 Å². The maximum atomic E-state index is 12.5. The maximum Gasteiger partial charge on any atom is 0.251 e. The second-order valence-corrected chi connectivity index (χ2v) is 9.54. The number of rotatable bonds is 9. The molecule has 36 heavy (non-hydrogen) atoms. The zero-order valence-corrected chi connectivity index (χ0v) is 20.8. The van der Waals surface area contributed by atoms with Crippen molar-refractivity contribution in [2.75, 3.05) is 19.1 Å². The van der Waals surface area contributed by atoms with E-state index in [0.717, 1.165) is 32.7 Å². The summed E-state index contributed by atoms with van der Waals surface area (Å²) in [5.74, 6) is 1.63. The maximum absolute atomic E-state index is 12.5. The molecular formula is C28H27N3O4S. The van der Waals surface area contributed by atoms with Gasteiger partial charge in [-0.05, 0) is 42.3 Å². The molecule has 4 aromatic rings. The summed E-state index contributed by atoms with van der Waals surface area (Å²) in [6.45, 7) is 3.73. The van der Waals surface area contributed by atoms with Crippen molar-refractivity contribution in [3.8, 4) is 11.5 Å². The Morgan fingerprint density at radius 3 is 2.67 bits per heavy atom. The van der Waals surface area contributed by atoms with Crippen molar-refractivity contribution >= 4 is 34.5 Å². The van der Waals surface area contributed by atoms with Crippen molar-refractivity contribution in [1.82, 2.24) is 15.2 Å². The minimum absolute atomic E-state index is 0.0417. The van der Waals surface area contributed by atoms with Gasteiger partial charge in [0.2, 0.25) is 12.7 Å². The van der Waals surface area contributed by atoms with Crippen LogP contribution >= 0.6 is 11.8 Å². The number of thioether (sulfide) groups is 1. The van der Waals surface area contributed by atoms with Crippen molar-refractivity contribution in [1.29, 1.82) is 0 Å². The summed E-state index contributed by atoms with van der Waals surface area (Å²) in [7, 11) is 0. The highest BCUT2D eigenvalue weighted by Gasteiger charge is 2.15. The van der Waals surface area contributed by atoms with Crippen LogP contribution in [0.2, 0.25) is 0 Å². The predicted octanol–water partition coefficient (Wildman–Crippen LogP) is 4.52. The first-order valence-corrected chi connectivity index (χ1v) is 12.8. The predicted molar refractivity (Wildman–Crippen MR) is 141 cm³/mol. The molecule has 7 nitrogen and oxygen atoms in total. The summed E-state index contributed by atoms with van der Waals surface area (Å²) in [4.78, 5) is 26.1. The van der Waals surface area contributed by atoms with Crippen LogP contribution in [-0.2, 0) is 17.9 Å². The van der Waals surface area contributed by atoms with Gasteiger partial charge in [0.15, 0.2) is 11.5 Å². The average Bonchev–Trinajstić information content (AvgIpc) is 3.51. The van der Waals surface area contributed by atoms with Crippen molar-refractivity contribution in [2.24, 2.45) is 0 Å². The minimum atomic E-state index is -0.0710. The molecule has 0 saturated heterocycles. The summed E-state index contributed by atoms with van der Waals surface area (Å²) in [5.41, 5.74) is 3.68. The molecule has 5 rings (SSSR count). The van der Waals surface area contributed by atoms with Gasteiger partial charge in [-0.15, -0.1) is 11.8 Å². The first-order valence-electron chi connectivity index (χ1n) is 11.8. The Kier molecular flexibility index (Phi) is 7.13. The van der Waals surface area contributed by atoms with E-state index in [-0.39, 0.29) is 18.6 Å². The SMILES string of the molecule is Cc1ccccc1C(=O)NCCn1cc(SCC(=O)NCc2ccc3c(c2)OCO3)c2ccccc21. The fourth-order valence-corrected chi connectivity index (χ4v) is 5.09. The minimum Gasteiger partial charge on any atom is -0.454 e. The molecule has 2 N–H and O–H groups in total. The topological polar surface area (TPSA) is 81.6 Å². The number of nitrogens with zero attached hydrogens (tertiary/aromatic N) is 1. The third-order valence-corrected chi connectivity index (χ3v) is 7.11. The molecule has 0 aliphatic carbocycles. The van der Waals surface area contributed by atoms with Gasteiger partial charge in [0.1, 0.15) is 0 Å². The number of ether oxygens (including phenoxy) is 2. The molecule has 8 heteroatoms. The van der Waals surface area contributed by atoms with Crippen LogP contribution in [0, 0.1) is 6.92 Å². The van der Waals surface area contributed by atoms with Crippen LogP contribution < -0.4 is 20.1 Å². The lowest BCUT2D eigenvalue weighted by molar-refractivity contribution is -0.118. The van der Waals surface area contributed by atoms with E-state index >= 15 is 0 Å². The zero-order valence-electron chi connectivity index (χ0n) is 20.0. The molecule has 0 bridgehead atoms. The largest absolute Gasteiger partial charge is 0.454 e. The number of para-hydroxylation sites is 1. The molecular weight excluding hydrogens is 474 g/mol. The van der Waals surface area contributed by atoms with E-state index < -0.39 is 0 Å². The lowest BCUT2D eigenvalue weighted by Crippen LogP contribution is -2.27. The third-order valence-electron chi connectivity index (χ3n) is 6.07. The molecule has 0 radical (unpaired) electrons. The summed E-state index contributed by atoms with van der Waals surface area (Å²) in [6, 6.07) is 21.3. The summed E-state index contributed by atoms with van der Waals surface area (Å²) in [6.07, 6.45) is 2.06. The van der Waals surface area contributed by atoms with Crippen LogP contribution in [0.1, 0.15) is 21.5 Å². The molecule has 2 heterocycles. The van der Waals surface area contributed by atoms with Gasteiger partial charge in [-0.1, -0.05) is 42.5 Å². The van der Waals surface area contributed by atoms with Crippen molar-refractivity contribution in [3.05, 3.63) is 89.6 Å². The molecule has 0 spiro atoms. The number of carbonyl (C=O) groups excluding carboxylic acids is 2. The Hall–Kier alpha value is -3.91. The van der Waals surface area contributed by atoms with E-state index in [4.69, 9.17) is 9.47 Å². The Bertz CT molecular complexity index is 1420. The highest BCUT2D eigenvalue weighted by atomic mass is 32.2. The van der Waals surface area contributed by atoms with Gasteiger partial charge in [-0.2, -0.15) is 0 Å². The van der Waals surface area contributed by atoms with Gasteiger partial charge >= 0.3 is 0 Å². The standard InChI is InChI=1S/C28H27N3O4S/c1-19-6-2-3-7-21(19)28(33)29-12-13-31-16-26(22-8-4-5-9-23(22)31)36-17-27(32)30-15-20-10-11-24-25(14-20)35-18-34-24/h2-11,14,16H,12-13,15,17-18H2,1H3,(H,29,33)(H,30,32). The average molecular weight is 502 g/mol. The Morgan fingerprint density at radius 2 is 1.78 bits per heavy atom. The summed E-state index contributed by atoms with van der Waals surface area (Å²) < 4.78 is 12.9. The number of hydrogen-bond acceptors (Lipinski definition) is 5. The molecule has 1 aromatic heterocycles. The summed E-state index contributed by atoms with van der Waals surface area (Å²) >= 11 is 1.51. The number of aromatic nitrogens is 1. The first kappa shape index (κ1) is 23.8. The second kappa shape index (κ2) is 10.8. The van der Waals surface area contributed by atoms with E-state index in [1.165, 1.54) is 11.8 Å². The van der Waals surface area contributed by atoms with Gasteiger partial charge in [-0.3, -0.25) is 9.59 Å². The molecule has 0 unspecified atom stereocenters. The quantitative estimate of drug-likeness (QED) is 0.330. The van der Waals surface area contributed by atoms with Gasteiger partial charge < -0.3 is 24.7 Å². The normalized spacial score (nSPS) is 12.0. The van der Waals surface area contributed by atoms with E-state index in [0.29, 0.717) is 36.7 Å². The van der Waals surface area contributed by atoms with Crippen molar-refractivity contribution < 1.29 is 19.1 Å². The lowest BCUT2D eigenvalue weighted by atomic mass is 10.1. The zero-order chi connectivity index (χ0) is 24.9. The number of carbonyl (C=O) groups is 2.